The van der Waals surface area contributed by atoms with Gasteiger partial charge in [0, 0.05) is 23.4 Å². The Bertz CT molecular complexity index is 1170. The first-order valence-corrected chi connectivity index (χ1v) is 9.83. The zero-order chi connectivity index (χ0) is 23.5. The molecule has 1 N–H and O–H groups in total. The van der Waals surface area contributed by atoms with Gasteiger partial charge in [-0.05, 0) is 55.7 Å². The minimum Gasteiger partial charge on any atom is -0.497 e. The van der Waals surface area contributed by atoms with Crippen molar-refractivity contribution in [2.45, 2.75) is 39.1 Å². The Kier molecular flexibility index (Phi) is 6.76. The van der Waals surface area contributed by atoms with E-state index in [0.717, 1.165) is 10.9 Å². The van der Waals surface area contributed by atoms with Crippen LogP contribution in [0.25, 0.3) is 11.0 Å². The molecule has 0 aliphatic carbocycles. The second kappa shape index (κ2) is 9.33. The third-order valence-corrected chi connectivity index (χ3v) is 5.09. The summed E-state index contributed by atoms with van der Waals surface area (Å²) in [5, 5.41) is 3.53. The number of carbonyl (C=O) groups excluding carboxylic acids is 1. The van der Waals surface area contributed by atoms with Crippen molar-refractivity contribution in [1.29, 1.82) is 0 Å². The van der Waals surface area contributed by atoms with Gasteiger partial charge < -0.3 is 19.2 Å². The molecule has 0 radical (unpaired) electrons. The largest absolute Gasteiger partial charge is 0.573 e. The molecule has 2 aromatic carbocycles. The monoisotopic (exact) mass is 449 g/mol. The Morgan fingerprint density at radius 2 is 1.78 bits per heavy atom. The van der Waals surface area contributed by atoms with E-state index >= 15 is 0 Å². The van der Waals surface area contributed by atoms with Gasteiger partial charge in [0.2, 0.25) is 5.91 Å². The normalized spacial score (nSPS) is 12.4. The molecule has 1 amide bonds. The third kappa shape index (κ3) is 5.60. The fourth-order valence-corrected chi connectivity index (χ4v) is 3.38. The zero-order valence-corrected chi connectivity index (χ0v) is 17.7. The van der Waals surface area contributed by atoms with Crippen molar-refractivity contribution in [3.05, 3.63) is 69.6 Å². The summed E-state index contributed by atoms with van der Waals surface area (Å²) in [6, 6.07) is 10.0. The van der Waals surface area contributed by atoms with Crippen molar-refractivity contribution in [3.8, 4) is 11.5 Å². The summed E-state index contributed by atoms with van der Waals surface area (Å²) in [6.45, 7) is 3.51. The van der Waals surface area contributed by atoms with E-state index in [9.17, 15) is 22.8 Å². The Balaban J connectivity index is 1.64. The van der Waals surface area contributed by atoms with E-state index in [1.54, 1.807) is 32.0 Å². The van der Waals surface area contributed by atoms with Gasteiger partial charge in [-0.2, -0.15) is 0 Å². The zero-order valence-electron chi connectivity index (χ0n) is 17.7. The SMILES string of the molecule is COc1ccc2c(C)c(CCC(=O)NC(C)c3ccc(OC(F)(F)F)cc3)c(=O)oc2c1. The minimum absolute atomic E-state index is 0.0485. The first-order valence-electron chi connectivity index (χ1n) is 9.83. The molecule has 0 bridgehead atoms. The summed E-state index contributed by atoms with van der Waals surface area (Å²) in [4.78, 5) is 24.8. The minimum atomic E-state index is -4.76. The fraction of sp³-hybridized carbons (Fsp3) is 0.304. The quantitative estimate of drug-likeness (QED) is 0.524. The predicted octanol–water partition coefficient (Wildman–Crippen LogP) is 4.82. The summed E-state index contributed by atoms with van der Waals surface area (Å²) in [5.41, 5.74) is 1.67. The molecule has 0 saturated heterocycles. The van der Waals surface area contributed by atoms with E-state index in [1.807, 2.05) is 0 Å². The molecule has 1 aromatic heterocycles. The number of methoxy groups -OCH3 is 1. The van der Waals surface area contributed by atoms with Crippen molar-refractivity contribution in [2.24, 2.45) is 0 Å². The van der Waals surface area contributed by atoms with Crippen LogP contribution < -0.4 is 20.4 Å². The molecule has 3 aromatic rings. The number of fused-ring (bicyclic) bond motifs is 1. The molecule has 0 fully saturated rings. The topological polar surface area (TPSA) is 77.8 Å². The number of halogens is 3. The second-order valence-corrected chi connectivity index (χ2v) is 7.26. The van der Waals surface area contributed by atoms with Crippen LogP contribution in [0.15, 0.2) is 51.7 Å². The molecular weight excluding hydrogens is 427 g/mol. The Morgan fingerprint density at radius 3 is 2.41 bits per heavy atom. The average molecular weight is 449 g/mol. The molecule has 1 atom stereocenters. The van der Waals surface area contributed by atoms with Crippen molar-refractivity contribution >= 4 is 16.9 Å². The smallest absolute Gasteiger partial charge is 0.497 e. The molecule has 32 heavy (non-hydrogen) atoms. The van der Waals surface area contributed by atoms with Crippen LogP contribution in [0.4, 0.5) is 13.2 Å². The lowest BCUT2D eigenvalue weighted by atomic mass is 10.0. The molecule has 0 aliphatic heterocycles. The van der Waals surface area contributed by atoms with Crippen LogP contribution in [0.5, 0.6) is 11.5 Å². The number of aryl methyl sites for hydroxylation is 1. The summed E-state index contributed by atoms with van der Waals surface area (Å²) < 4.78 is 51.1. The lowest BCUT2D eigenvalue weighted by molar-refractivity contribution is -0.274. The molecule has 170 valence electrons. The van der Waals surface area contributed by atoms with E-state index in [0.29, 0.717) is 22.5 Å². The van der Waals surface area contributed by atoms with Gasteiger partial charge in [0.05, 0.1) is 13.2 Å². The highest BCUT2D eigenvalue weighted by Gasteiger charge is 2.31. The van der Waals surface area contributed by atoms with E-state index in [2.05, 4.69) is 10.1 Å². The third-order valence-electron chi connectivity index (χ3n) is 5.09. The number of hydrogen-bond acceptors (Lipinski definition) is 5. The molecule has 1 unspecified atom stereocenters. The van der Waals surface area contributed by atoms with Crippen LogP contribution in [-0.2, 0) is 11.2 Å². The lowest BCUT2D eigenvalue weighted by Crippen LogP contribution is -2.27. The number of amides is 1. The maximum absolute atomic E-state index is 12.4. The van der Waals surface area contributed by atoms with E-state index in [-0.39, 0.29) is 24.5 Å². The Labute approximate surface area is 181 Å². The van der Waals surface area contributed by atoms with Crippen molar-refractivity contribution in [2.75, 3.05) is 7.11 Å². The Hall–Kier alpha value is -3.49. The van der Waals surface area contributed by atoms with Crippen LogP contribution in [0.3, 0.4) is 0 Å². The average Bonchev–Trinajstić information content (AvgIpc) is 2.72. The van der Waals surface area contributed by atoms with Crippen molar-refractivity contribution < 1.29 is 31.9 Å². The summed E-state index contributed by atoms with van der Waals surface area (Å²) in [7, 11) is 1.52. The predicted molar refractivity (Wildman–Crippen MR) is 112 cm³/mol. The molecule has 0 spiro atoms. The van der Waals surface area contributed by atoms with E-state index in [1.165, 1.54) is 31.4 Å². The first-order chi connectivity index (χ1) is 15.1. The number of alkyl halides is 3. The van der Waals surface area contributed by atoms with Crippen LogP contribution in [0.2, 0.25) is 0 Å². The van der Waals surface area contributed by atoms with Gasteiger partial charge >= 0.3 is 12.0 Å². The van der Waals surface area contributed by atoms with Crippen LogP contribution in [0, 0.1) is 6.92 Å². The summed E-state index contributed by atoms with van der Waals surface area (Å²) in [5.74, 6) is -0.0724. The van der Waals surface area contributed by atoms with Gasteiger partial charge in [-0.15, -0.1) is 13.2 Å². The number of nitrogens with one attached hydrogen (secondary N) is 1. The maximum atomic E-state index is 12.4. The standard InChI is InChI=1S/C23H22F3NO5/c1-13-18-9-8-17(30-3)12-20(18)31-22(29)19(13)10-11-21(28)27-14(2)15-4-6-16(7-5-15)32-23(24,25)26/h4-9,12,14H,10-11H2,1-3H3,(H,27,28). The highest BCUT2D eigenvalue weighted by Crippen LogP contribution is 2.26. The number of rotatable bonds is 7. The number of benzene rings is 2. The van der Waals surface area contributed by atoms with E-state index < -0.39 is 18.0 Å². The molecule has 6 nitrogen and oxygen atoms in total. The second-order valence-electron chi connectivity index (χ2n) is 7.26. The number of carbonyl (C=O) groups is 1. The lowest BCUT2D eigenvalue weighted by Gasteiger charge is -2.16. The van der Waals surface area contributed by atoms with Crippen LogP contribution >= 0.6 is 0 Å². The van der Waals surface area contributed by atoms with Gasteiger partial charge in [-0.25, -0.2) is 4.79 Å². The van der Waals surface area contributed by atoms with Gasteiger partial charge in [0.15, 0.2) is 0 Å². The van der Waals surface area contributed by atoms with Gasteiger partial charge in [0.1, 0.15) is 17.1 Å². The van der Waals surface area contributed by atoms with E-state index in [4.69, 9.17) is 9.15 Å². The first kappa shape index (κ1) is 23.2. The van der Waals surface area contributed by atoms with Crippen molar-refractivity contribution in [1.82, 2.24) is 5.32 Å². The Morgan fingerprint density at radius 1 is 1.12 bits per heavy atom. The molecular formula is C23H22F3NO5. The molecule has 0 saturated carbocycles. The molecule has 3 rings (SSSR count). The van der Waals surface area contributed by atoms with Crippen LogP contribution in [0.1, 0.15) is 36.1 Å². The summed E-state index contributed by atoms with van der Waals surface area (Å²) >= 11 is 0. The highest BCUT2D eigenvalue weighted by atomic mass is 19.4. The van der Waals surface area contributed by atoms with Gasteiger partial charge in [-0.3, -0.25) is 4.79 Å². The molecule has 0 aliphatic rings. The maximum Gasteiger partial charge on any atom is 0.573 e. The fourth-order valence-electron chi connectivity index (χ4n) is 3.38. The van der Waals surface area contributed by atoms with Crippen LogP contribution in [-0.4, -0.2) is 19.4 Å². The number of ether oxygens (including phenoxy) is 2. The van der Waals surface area contributed by atoms with Gasteiger partial charge in [0.25, 0.3) is 0 Å². The van der Waals surface area contributed by atoms with Gasteiger partial charge in [-0.1, -0.05) is 12.1 Å². The highest BCUT2D eigenvalue weighted by molar-refractivity contribution is 5.82. The number of hydrogen-bond donors (Lipinski definition) is 1. The molecule has 9 heteroatoms. The molecule has 1 heterocycles. The summed E-state index contributed by atoms with van der Waals surface area (Å²) in [6.07, 6.45) is -4.53. The van der Waals surface area contributed by atoms with Crippen molar-refractivity contribution in [3.63, 3.8) is 0 Å².